The van der Waals surface area contributed by atoms with Crippen molar-refractivity contribution in [2.45, 2.75) is 25.1 Å². The highest BCUT2D eigenvalue weighted by atomic mass is 19.4. The number of alkyl halides is 3. The first-order valence-corrected chi connectivity index (χ1v) is 6.07. The molecular weight excluding hydrogens is 276 g/mol. The van der Waals surface area contributed by atoms with Gasteiger partial charge in [-0.05, 0) is 24.5 Å². The molecule has 1 heterocycles. The van der Waals surface area contributed by atoms with E-state index in [0.29, 0.717) is 31.1 Å². The third-order valence-electron chi connectivity index (χ3n) is 3.14. The van der Waals surface area contributed by atoms with Crippen LogP contribution in [0.5, 0.6) is 0 Å². The monoisotopic (exact) mass is 290 g/mol. The van der Waals surface area contributed by atoms with Crippen LogP contribution in [0, 0.1) is 5.82 Å². The summed E-state index contributed by atoms with van der Waals surface area (Å²) in [6, 6.07) is 2.32. The van der Waals surface area contributed by atoms with Crippen LogP contribution in [0.15, 0.2) is 30.0 Å². The van der Waals surface area contributed by atoms with E-state index in [1.54, 1.807) is 0 Å². The van der Waals surface area contributed by atoms with E-state index in [-0.39, 0.29) is 5.56 Å². The van der Waals surface area contributed by atoms with E-state index in [2.05, 4.69) is 5.43 Å². The van der Waals surface area contributed by atoms with Gasteiger partial charge in [-0.3, -0.25) is 5.84 Å². The maximum atomic E-state index is 14.1. The van der Waals surface area contributed by atoms with E-state index in [1.807, 2.05) is 0 Å². The summed E-state index contributed by atoms with van der Waals surface area (Å²) < 4.78 is 57.3. The minimum atomic E-state index is -4.74. The maximum absolute atomic E-state index is 14.1. The zero-order valence-electron chi connectivity index (χ0n) is 10.5. The summed E-state index contributed by atoms with van der Waals surface area (Å²) >= 11 is 0. The first kappa shape index (κ1) is 14.8. The molecule has 2 rings (SSSR count). The molecule has 1 aliphatic rings. The first-order valence-electron chi connectivity index (χ1n) is 6.07. The molecule has 0 spiro atoms. The summed E-state index contributed by atoms with van der Waals surface area (Å²) in [5.41, 5.74) is 1.54. The minimum absolute atomic E-state index is 0.140. The molecule has 1 atom stereocenters. The van der Waals surface area contributed by atoms with E-state index < -0.39 is 23.6 Å². The second-order valence-corrected chi connectivity index (χ2v) is 4.47. The third kappa shape index (κ3) is 2.94. The van der Waals surface area contributed by atoms with Crippen molar-refractivity contribution in [3.8, 4) is 0 Å². The molecule has 0 saturated carbocycles. The lowest BCUT2D eigenvalue weighted by atomic mass is 9.94. The summed E-state index contributed by atoms with van der Waals surface area (Å²) in [5, 5.41) is 0. The average molecular weight is 290 g/mol. The van der Waals surface area contributed by atoms with Crippen molar-refractivity contribution < 1.29 is 22.3 Å². The van der Waals surface area contributed by atoms with Crippen LogP contribution in [-0.4, -0.2) is 6.61 Å². The van der Waals surface area contributed by atoms with Gasteiger partial charge in [0.1, 0.15) is 5.82 Å². The van der Waals surface area contributed by atoms with Gasteiger partial charge in [-0.1, -0.05) is 12.1 Å². The van der Waals surface area contributed by atoms with Crippen molar-refractivity contribution in [1.29, 1.82) is 0 Å². The Hall–Kier alpha value is -1.60. The van der Waals surface area contributed by atoms with Crippen molar-refractivity contribution in [3.63, 3.8) is 0 Å². The second kappa shape index (κ2) is 5.80. The molecule has 1 unspecified atom stereocenters. The van der Waals surface area contributed by atoms with Crippen LogP contribution in [0.25, 0.3) is 0 Å². The fourth-order valence-corrected chi connectivity index (χ4v) is 2.19. The van der Waals surface area contributed by atoms with Crippen LogP contribution < -0.4 is 11.3 Å². The lowest BCUT2D eigenvalue weighted by Gasteiger charge is -2.24. The number of nitrogens with one attached hydrogen (secondary N) is 1. The number of hydrogen-bond acceptors (Lipinski definition) is 3. The zero-order chi connectivity index (χ0) is 14.8. The molecule has 0 aliphatic carbocycles. The van der Waals surface area contributed by atoms with E-state index in [0.717, 1.165) is 6.07 Å². The lowest BCUT2D eigenvalue weighted by Crippen LogP contribution is -2.31. The Kier molecular flexibility index (Phi) is 4.29. The predicted molar refractivity (Wildman–Crippen MR) is 64.7 cm³/mol. The van der Waals surface area contributed by atoms with Gasteiger partial charge in [0, 0.05) is 5.56 Å². The van der Waals surface area contributed by atoms with Crippen LogP contribution in [-0.2, 0) is 10.9 Å². The van der Waals surface area contributed by atoms with Gasteiger partial charge in [0.2, 0.25) is 0 Å². The number of ether oxygens (including phenoxy) is 1. The van der Waals surface area contributed by atoms with E-state index in [4.69, 9.17) is 10.6 Å². The smallest absolute Gasteiger partial charge is 0.419 e. The van der Waals surface area contributed by atoms with E-state index in [1.165, 1.54) is 12.3 Å². The molecule has 0 radical (unpaired) electrons. The van der Waals surface area contributed by atoms with Crippen molar-refractivity contribution in [2.24, 2.45) is 5.84 Å². The number of halogens is 4. The van der Waals surface area contributed by atoms with Gasteiger partial charge in [-0.25, -0.2) is 9.82 Å². The largest absolute Gasteiger partial charge is 0.501 e. The fourth-order valence-electron chi connectivity index (χ4n) is 2.19. The predicted octanol–water partition coefficient (Wildman–Crippen LogP) is 3.04. The molecule has 1 aromatic rings. The molecule has 0 fully saturated rings. The highest BCUT2D eigenvalue weighted by molar-refractivity contribution is 5.34. The summed E-state index contributed by atoms with van der Waals surface area (Å²) in [6.45, 7) is 0.534. The summed E-state index contributed by atoms with van der Waals surface area (Å²) in [4.78, 5) is 0. The SMILES string of the molecule is NNC(C1=COCCC1)c1cccc(C(F)(F)F)c1F. The van der Waals surface area contributed by atoms with Crippen molar-refractivity contribution in [1.82, 2.24) is 5.43 Å². The molecule has 0 saturated heterocycles. The van der Waals surface area contributed by atoms with Gasteiger partial charge >= 0.3 is 6.18 Å². The maximum Gasteiger partial charge on any atom is 0.419 e. The number of benzene rings is 1. The van der Waals surface area contributed by atoms with Gasteiger partial charge < -0.3 is 4.74 Å². The molecule has 0 bridgehead atoms. The third-order valence-corrected chi connectivity index (χ3v) is 3.14. The van der Waals surface area contributed by atoms with Gasteiger partial charge in [-0.15, -0.1) is 0 Å². The van der Waals surface area contributed by atoms with Gasteiger partial charge in [0.05, 0.1) is 24.5 Å². The van der Waals surface area contributed by atoms with Crippen LogP contribution >= 0.6 is 0 Å². The highest BCUT2D eigenvalue weighted by Crippen LogP contribution is 2.36. The summed E-state index contributed by atoms with van der Waals surface area (Å²) in [7, 11) is 0. The molecule has 20 heavy (non-hydrogen) atoms. The van der Waals surface area contributed by atoms with Crippen molar-refractivity contribution in [2.75, 3.05) is 6.61 Å². The molecule has 1 aromatic carbocycles. The Morgan fingerprint density at radius 3 is 2.60 bits per heavy atom. The summed E-state index contributed by atoms with van der Waals surface area (Å²) in [5.74, 6) is 4.06. The first-order chi connectivity index (χ1) is 9.45. The van der Waals surface area contributed by atoms with E-state index >= 15 is 0 Å². The zero-order valence-corrected chi connectivity index (χ0v) is 10.5. The molecule has 0 amide bonds. The topological polar surface area (TPSA) is 47.3 Å². The molecule has 3 N–H and O–H groups in total. The number of hydrogen-bond donors (Lipinski definition) is 2. The molecular formula is C13H14F4N2O. The van der Waals surface area contributed by atoms with Crippen LogP contribution in [0.4, 0.5) is 17.6 Å². The standard InChI is InChI=1S/C13H14F4N2O/c14-11-9(4-1-5-10(11)13(15,16)17)12(19-18)8-3-2-6-20-7-8/h1,4-5,7,12,19H,2-3,6,18H2. The normalized spacial score (nSPS) is 17.4. The Morgan fingerprint density at radius 2 is 2.05 bits per heavy atom. The lowest BCUT2D eigenvalue weighted by molar-refractivity contribution is -0.140. The number of hydrazine groups is 1. The minimum Gasteiger partial charge on any atom is -0.501 e. The van der Waals surface area contributed by atoms with Gasteiger partial charge in [0.25, 0.3) is 0 Å². The molecule has 0 aromatic heterocycles. The van der Waals surface area contributed by atoms with Crippen molar-refractivity contribution >= 4 is 0 Å². The highest BCUT2D eigenvalue weighted by Gasteiger charge is 2.36. The average Bonchev–Trinajstić information content (AvgIpc) is 2.41. The molecule has 3 nitrogen and oxygen atoms in total. The van der Waals surface area contributed by atoms with E-state index in [9.17, 15) is 17.6 Å². The number of nitrogens with two attached hydrogens (primary N) is 1. The second-order valence-electron chi connectivity index (χ2n) is 4.47. The molecule has 110 valence electrons. The fraction of sp³-hybridized carbons (Fsp3) is 0.385. The quantitative estimate of drug-likeness (QED) is 0.511. The summed E-state index contributed by atoms with van der Waals surface area (Å²) in [6.07, 6.45) is -2.01. The Morgan fingerprint density at radius 1 is 1.30 bits per heavy atom. The van der Waals surface area contributed by atoms with Gasteiger partial charge in [-0.2, -0.15) is 13.2 Å². The number of rotatable bonds is 3. The Labute approximate surface area is 113 Å². The van der Waals surface area contributed by atoms with Crippen LogP contribution in [0.1, 0.15) is 30.0 Å². The van der Waals surface area contributed by atoms with Crippen LogP contribution in [0.3, 0.4) is 0 Å². The molecule has 1 aliphatic heterocycles. The van der Waals surface area contributed by atoms with Gasteiger partial charge in [0.15, 0.2) is 0 Å². The van der Waals surface area contributed by atoms with Crippen LogP contribution in [0.2, 0.25) is 0 Å². The Balaban J connectivity index is 2.42. The Bertz CT molecular complexity index is 514. The molecule has 7 heteroatoms. The van der Waals surface area contributed by atoms with Crippen molar-refractivity contribution in [3.05, 3.63) is 47.0 Å².